The number of amides is 1. The summed E-state index contributed by atoms with van der Waals surface area (Å²) in [6.07, 6.45) is 1.52. The third kappa shape index (κ3) is 5.32. The van der Waals surface area contributed by atoms with Crippen LogP contribution in [0.5, 0.6) is 5.75 Å². The lowest BCUT2D eigenvalue weighted by atomic mass is 9.97. The molecule has 9 nitrogen and oxygen atoms in total. The fourth-order valence-corrected chi connectivity index (χ4v) is 4.16. The minimum absolute atomic E-state index is 0.150. The van der Waals surface area contributed by atoms with Crippen LogP contribution in [0.25, 0.3) is 11.4 Å². The van der Waals surface area contributed by atoms with Crippen LogP contribution in [0.4, 0.5) is 4.39 Å². The summed E-state index contributed by atoms with van der Waals surface area (Å²) in [5, 5.41) is 8.26. The fraction of sp³-hybridized carbons (Fsp3) is 0.269. The monoisotopic (exact) mass is 489 g/mol. The summed E-state index contributed by atoms with van der Waals surface area (Å²) < 4.78 is 25.9. The summed E-state index contributed by atoms with van der Waals surface area (Å²) in [5.41, 5.74) is 0.396. The minimum atomic E-state index is -0.381. The van der Waals surface area contributed by atoms with Crippen LogP contribution in [0.15, 0.2) is 76.0 Å². The molecule has 1 saturated heterocycles. The van der Waals surface area contributed by atoms with Gasteiger partial charge in [-0.05, 0) is 43.2 Å². The van der Waals surface area contributed by atoms with E-state index in [4.69, 9.17) is 9.26 Å². The fourth-order valence-electron chi connectivity index (χ4n) is 4.16. The Hall–Kier alpha value is -4.34. The van der Waals surface area contributed by atoms with Gasteiger partial charge in [0.25, 0.3) is 11.5 Å². The van der Waals surface area contributed by atoms with Crippen LogP contribution < -0.4 is 10.3 Å². The van der Waals surface area contributed by atoms with E-state index in [9.17, 15) is 14.0 Å². The van der Waals surface area contributed by atoms with Gasteiger partial charge in [-0.3, -0.25) is 9.59 Å². The van der Waals surface area contributed by atoms with Crippen LogP contribution in [0.1, 0.15) is 35.1 Å². The van der Waals surface area contributed by atoms with Crippen molar-refractivity contribution >= 4 is 5.91 Å². The molecular weight excluding hydrogens is 465 g/mol. The topological polar surface area (TPSA) is 103 Å². The molecule has 0 N–H and O–H groups in total. The Bertz CT molecular complexity index is 1400. The molecule has 5 rings (SSSR count). The second-order valence-electron chi connectivity index (χ2n) is 8.50. The smallest absolute Gasteiger partial charge is 0.274 e. The maximum absolute atomic E-state index is 13.6. The lowest BCUT2D eigenvalue weighted by molar-refractivity contribution is 0.0686. The summed E-state index contributed by atoms with van der Waals surface area (Å²) in [6, 6.07) is 18.0. The summed E-state index contributed by atoms with van der Waals surface area (Å²) in [6.45, 7) is 1.38. The van der Waals surface area contributed by atoms with Crippen LogP contribution in [0.3, 0.4) is 0 Å². The van der Waals surface area contributed by atoms with E-state index in [-0.39, 0.29) is 42.0 Å². The molecule has 184 valence electrons. The highest BCUT2D eigenvalue weighted by atomic mass is 19.1. The Labute approximate surface area is 206 Å². The van der Waals surface area contributed by atoms with Crippen molar-refractivity contribution < 1.29 is 18.4 Å². The van der Waals surface area contributed by atoms with Gasteiger partial charge in [0, 0.05) is 24.7 Å². The van der Waals surface area contributed by atoms with Crippen LogP contribution in [-0.2, 0) is 6.54 Å². The Balaban J connectivity index is 1.25. The number of carbonyl (C=O) groups is 1. The van der Waals surface area contributed by atoms with Gasteiger partial charge in [-0.25, -0.2) is 9.07 Å². The third-order valence-corrected chi connectivity index (χ3v) is 5.98. The highest BCUT2D eigenvalue weighted by molar-refractivity contribution is 5.92. The molecule has 0 saturated carbocycles. The predicted octanol–water partition coefficient (Wildman–Crippen LogP) is 3.53. The van der Waals surface area contributed by atoms with Crippen LogP contribution in [-0.4, -0.2) is 50.4 Å². The van der Waals surface area contributed by atoms with Gasteiger partial charge in [0.1, 0.15) is 23.9 Å². The molecule has 10 heteroatoms. The molecule has 2 aromatic heterocycles. The zero-order chi connectivity index (χ0) is 24.9. The summed E-state index contributed by atoms with van der Waals surface area (Å²) in [7, 11) is 0. The van der Waals surface area contributed by atoms with Gasteiger partial charge in [0.15, 0.2) is 0 Å². The highest BCUT2D eigenvalue weighted by Gasteiger charge is 2.30. The largest absolute Gasteiger partial charge is 0.492 e. The van der Waals surface area contributed by atoms with E-state index < -0.39 is 0 Å². The number of para-hydroxylation sites is 1. The van der Waals surface area contributed by atoms with Gasteiger partial charge in [-0.1, -0.05) is 35.5 Å². The quantitative estimate of drug-likeness (QED) is 0.391. The van der Waals surface area contributed by atoms with Gasteiger partial charge in [-0.15, -0.1) is 0 Å². The first-order valence-corrected chi connectivity index (χ1v) is 11.7. The number of piperidine rings is 1. The second-order valence-corrected chi connectivity index (χ2v) is 8.50. The molecule has 1 fully saturated rings. The first-order valence-electron chi connectivity index (χ1n) is 11.7. The van der Waals surface area contributed by atoms with E-state index in [1.807, 2.05) is 30.3 Å². The van der Waals surface area contributed by atoms with Crippen molar-refractivity contribution in [1.82, 2.24) is 24.8 Å². The summed E-state index contributed by atoms with van der Waals surface area (Å²) >= 11 is 0. The van der Waals surface area contributed by atoms with Gasteiger partial charge in [0.2, 0.25) is 11.7 Å². The van der Waals surface area contributed by atoms with E-state index in [2.05, 4.69) is 15.2 Å². The molecule has 0 spiro atoms. The molecule has 1 aliphatic heterocycles. The normalized spacial score (nSPS) is 15.6. The Morgan fingerprint density at radius 1 is 1.11 bits per heavy atom. The van der Waals surface area contributed by atoms with Crippen molar-refractivity contribution in [3.63, 3.8) is 0 Å². The number of likely N-dealkylation sites (tertiary alicyclic amines) is 1. The Kier molecular flexibility index (Phi) is 6.83. The Morgan fingerprint density at radius 2 is 1.97 bits per heavy atom. The molecule has 3 heterocycles. The van der Waals surface area contributed by atoms with Gasteiger partial charge in [-0.2, -0.15) is 10.1 Å². The molecule has 1 aliphatic rings. The molecule has 1 unspecified atom stereocenters. The van der Waals surface area contributed by atoms with E-state index in [1.165, 1.54) is 28.9 Å². The van der Waals surface area contributed by atoms with Gasteiger partial charge < -0.3 is 14.2 Å². The molecule has 1 atom stereocenters. The zero-order valence-corrected chi connectivity index (χ0v) is 19.4. The van der Waals surface area contributed by atoms with Crippen LogP contribution in [0, 0.1) is 5.82 Å². The number of halogens is 1. The molecule has 4 aromatic rings. The molecule has 1 amide bonds. The van der Waals surface area contributed by atoms with Crippen LogP contribution in [0.2, 0.25) is 0 Å². The van der Waals surface area contributed by atoms with Crippen molar-refractivity contribution in [3.05, 3.63) is 94.5 Å². The molecule has 36 heavy (non-hydrogen) atoms. The number of benzene rings is 2. The standard InChI is InChI=1S/C26H24FN5O4/c27-20-8-4-6-18(16-20)24-28-25(36-30-24)19-7-5-13-31(17-19)26(34)22-11-12-23(33)32(29-22)14-15-35-21-9-2-1-3-10-21/h1-4,6,8-12,16,19H,5,7,13-15,17H2. The van der Waals surface area contributed by atoms with Crippen molar-refractivity contribution in [3.8, 4) is 17.1 Å². The van der Waals surface area contributed by atoms with Gasteiger partial charge in [0.05, 0.1) is 12.5 Å². The molecule has 0 bridgehead atoms. The number of hydrogen-bond acceptors (Lipinski definition) is 7. The Morgan fingerprint density at radius 3 is 2.81 bits per heavy atom. The number of rotatable bonds is 7. The van der Waals surface area contributed by atoms with E-state index >= 15 is 0 Å². The zero-order valence-electron chi connectivity index (χ0n) is 19.4. The SMILES string of the molecule is O=C(c1ccc(=O)n(CCOc2ccccc2)n1)N1CCCC(c2nc(-c3cccc(F)c3)no2)C1. The van der Waals surface area contributed by atoms with Crippen LogP contribution >= 0.6 is 0 Å². The molecule has 0 aliphatic carbocycles. The average molecular weight is 490 g/mol. The maximum atomic E-state index is 13.6. The van der Waals surface area contributed by atoms with E-state index in [0.717, 1.165) is 12.8 Å². The van der Waals surface area contributed by atoms with Crippen molar-refractivity contribution in [2.75, 3.05) is 19.7 Å². The highest BCUT2D eigenvalue weighted by Crippen LogP contribution is 2.28. The summed E-state index contributed by atoms with van der Waals surface area (Å²) in [4.78, 5) is 31.6. The molecular formula is C26H24FN5O4. The van der Waals surface area contributed by atoms with Crippen molar-refractivity contribution in [2.24, 2.45) is 0 Å². The van der Waals surface area contributed by atoms with Crippen molar-refractivity contribution in [1.29, 1.82) is 0 Å². The predicted molar refractivity (Wildman–Crippen MR) is 128 cm³/mol. The average Bonchev–Trinajstić information content (AvgIpc) is 3.41. The third-order valence-electron chi connectivity index (χ3n) is 5.98. The number of carbonyl (C=O) groups excluding carboxylic acids is 1. The second kappa shape index (κ2) is 10.5. The first-order chi connectivity index (χ1) is 17.6. The first kappa shape index (κ1) is 23.4. The number of hydrogen-bond donors (Lipinski definition) is 0. The number of ether oxygens (including phenoxy) is 1. The van der Waals surface area contributed by atoms with E-state index in [0.29, 0.717) is 36.1 Å². The van der Waals surface area contributed by atoms with Gasteiger partial charge >= 0.3 is 0 Å². The molecule has 0 radical (unpaired) electrons. The minimum Gasteiger partial charge on any atom is -0.492 e. The maximum Gasteiger partial charge on any atom is 0.274 e. The van der Waals surface area contributed by atoms with E-state index in [1.54, 1.807) is 17.0 Å². The molecule has 2 aromatic carbocycles. The summed E-state index contributed by atoms with van der Waals surface area (Å²) in [5.74, 6) is 0.597. The number of aromatic nitrogens is 4. The lowest BCUT2D eigenvalue weighted by Gasteiger charge is -2.30. The number of nitrogens with zero attached hydrogens (tertiary/aromatic N) is 5. The van der Waals surface area contributed by atoms with Crippen molar-refractivity contribution in [2.45, 2.75) is 25.3 Å². The lowest BCUT2D eigenvalue weighted by Crippen LogP contribution is -2.40.